The van der Waals surface area contributed by atoms with Crippen molar-refractivity contribution < 1.29 is 9.90 Å². The molecule has 1 atom stereocenters. The van der Waals surface area contributed by atoms with Gasteiger partial charge in [-0.25, -0.2) is 4.98 Å². The van der Waals surface area contributed by atoms with Crippen LogP contribution in [0.2, 0.25) is 0 Å². The Bertz CT molecular complexity index is 283. The Labute approximate surface area is 69.0 Å². The van der Waals surface area contributed by atoms with Crippen LogP contribution in [0, 0.1) is 0 Å². The third-order valence-corrected chi connectivity index (χ3v) is 1.43. The maximum atomic E-state index is 10.4. The molecule has 0 saturated carbocycles. The number of pyridine rings is 1. The van der Waals surface area contributed by atoms with Crippen LogP contribution < -0.4 is 11.5 Å². The van der Waals surface area contributed by atoms with Crippen molar-refractivity contribution in [3.05, 3.63) is 23.9 Å². The number of aliphatic carboxylic acids is 1. The summed E-state index contributed by atoms with van der Waals surface area (Å²) in [5.74, 6) is -0.738. The van der Waals surface area contributed by atoms with E-state index in [1.165, 1.54) is 12.3 Å². The Hall–Kier alpha value is -1.62. The summed E-state index contributed by atoms with van der Waals surface area (Å²) in [5.41, 5.74) is 11.1. The molecule has 0 aromatic carbocycles. The first-order chi connectivity index (χ1) is 5.61. The SMILES string of the molecule is Nc1ccc(C(N)C(=O)O)cn1. The topological polar surface area (TPSA) is 102 Å². The average molecular weight is 167 g/mol. The van der Waals surface area contributed by atoms with Gasteiger partial charge in [-0.1, -0.05) is 6.07 Å². The van der Waals surface area contributed by atoms with Crippen LogP contribution in [0.4, 0.5) is 5.82 Å². The van der Waals surface area contributed by atoms with Crippen LogP contribution in [0.3, 0.4) is 0 Å². The van der Waals surface area contributed by atoms with Crippen molar-refractivity contribution >= 4 is 11.8 Å². The molecule has 0 bridgehead atoms. The smallest absolute Gasteiger partial charge is 0.325 e. The Morgan fingerprint density at radius 2 is 2.25 bits per heavy atom. The van der Waals surface area contributed by atoms with Gasteiger partial charge in [0.15, 0.2) is 0 Å². The average Bonchev–Trinajstić information content (AvgIpc) is 2.04. The fourth-order valence-corrected chi connectivity index (χ4v) is 0.743. The zero-order valence-electron chi connectivity index (χ0n) is 6.27. The number of carboxylic acid groups (broad SMARTS) is 1. The molecule has 0 radical (unpaired) electrons. The Kier molecular flexibility index (Phi) is 2.25. The molecule has 0 amide bonds. The molecule has 0 aliphatic carbocycles. The minimum absolute atomic E-state index is 0.344. The van der Waals surface area contributed by atoms with Gasteiger partial charge >= 0.3 is 5.97 Å². The first kappa shape index (κ1) is 8.48. The van der Waals surface area contributed by atoms with E-state index in [0.29, 0.717) is 11.4 Å². The van der Waals surface area contributed by atoms with Gasteiger partial charge in [-0.15, -0.1) is 0 Å². The van der Waals surface area contributed by atoms with Crippen molar-refractivity contribution in [1.82, 2.24) is 4.98 Å². The van der Waals surface area contributed by atoms with E-state index in [1.54, 1.807) is 6.07 Å². The zero-order valence-corrected chi connectivity index (χ0v) is 6.27. The van der Waals surface area contributed by atoms with Gasteiger partial charge in [0.1, 0.15) is 11.9 Å². The minimum Gasteiger partial charge on any atom is -0.480 e. The second-order valence-electron chi connectivity index (χ2n) is 2.33. The number of rotatable bonds is 2. The molecule has 0 aliphatic heterocycles. The highest BCUT2D eigenvalue weighted by Crippen LogP contribution is 2.09. The minimum atomic E-state index is -1.08. The van der Waals surface area contributed by atoms with Crippen molar-refractivity contribution in [3.8, 4) is 0 Å². The molecule has 1 aromatic rings. The van der Waals surface area contributed by atoms with Gasteiger partial charge in [0.25, 0.3) is 0 Å². The van der Waals surface area contributed by atoms with E-state index in [9.17, 15) is 4.79 Å². The summed E-state index contributed by atoms with van der Waals surface area (Å²) in [6.45, 7) is 0. The van der Waals surface area contributed by atoms with Crippen molar-refractivity contribution in [3.63, 3.8) is 0 Å². The van der Waals surface area contributed by atoms with Gasteiger partial charge in [-0.2, -0.15) is 0 Å². The molecule has 64 valence electrons. The summed E-state index contributed by atoms with van der Waals surface area (Å²) in [5, 5.41) is 8.52. The normalized spacial score (nSPS) is 12.4. The first-order valence-electron chi connectivity index (χ1n) is 3.31. The van der Waals surface area contributed by atoms with Gasteiger partial charge in [-0.3, -0.25) is 4.79 Å². The van der Waals surface area contributed by atoms with E-state index in [-0.39, 0.29) is 0 Å². The molecule has 0 saturated heterocycles. The molecule has 1 heterocycles. The Balaban J connectivity index is 2.89. The predicted octanol–water partition coefficient (Wildman–Crippen LogP) is -0.252. The van der Waals surface area contributed by atoms with E-state index in [2.05, 4.69) is 4.98 Å². The number of carbonyl (C=O) groups is 1. The third-order valence-electron chi connectivity index (χ3n) is 1.43. The fraction of sp³-hybridized carbons (Fsp3) is 0.143. The van der Waals surface area contributed by atoms with Gasteiger partial charge in [0, 0.05) is 6.20 Å². The quantitative estimate of drug-likeness (QED) is 0.563. The largest absolute Gasteiger partial charge is 0.480 e. The molecule has 5 nitrogen and oxygen atoms in total. The van der Waals surface area contributed by atoms with Gasteiger partial charge in [0.05, 0.1) is 0 Å². The molecule has 0 spiro atoms. The summed E-state index contributed by atoms with van der Waals surface area (Å²) in [4.78, 5) is 14.1. The molecular formula is C7H9N3O2. The number of nitrogens with two attached hydrogens (primary N) is 2. The van der Waals surface area contributed by atoms with Crippen LogP contribution in [0.1, 0.15) is 11.6 Å². The van der Waals surface area contributed by atoms with Crippen molar-refractivity contribution in [2.75, 3.05) is 5.73 Å². The lowest BCUT2D eigenvalue weighted by molar-refractivity contribution is -0.138. The van der Waals surface area contributed by atoms with E-state index in [1.807, 2.05) is 0 Å². The fourth-order valence-electron chi connectivity index (χ4n) is 0.743. The van der Waals surface area contributed by atoms with Crippen LogP contribution >= 0.6 is 0 Å². The lowest BCUT2D eigenvalue weighted by Gasteiger charge is -2.04. The standard InChI is InChI=1S/C7H9N3O2/c8-5-2-1-4(3-10-5)6(9)7(11)12/h1-3,6H,9H2,(H2,8,10)(H,11,12). The number of nitrogens with zero attached hydrogens (tertiary/aromatic N) is 1. The zero-order chi connectivity index (χ0) is 9.14. The van der Waals surface area contributed by atoms with Crippen LogP contribution in [0.5, 0.6) is 0 Å². The highest BCUT2D eigenvalue weighted by Gasteiger charge is 2.13. The summed E-state index contributed by atoms with van der Waals surface area (Å²) < 4.78 is 0. The molecule has 0 aliphatic rings. The van der Waals surface area contributed by atoms with Crippen LogP contribution in [0.15, 0.2) is 18.3 Å². The van der Waals surface area contributed by atoms with E-state index < -0.39 is 12.0 Å². The second kappa shape index (κ2) is 3.19. The van der Waals surface area contributed by atoms with Crippen molar-refractivity contribution in [1.29, 1.82) is 0 Å². The van der Waals surface area contributed by atoms with Crippen LogP contribution in [-0.2, 0) is 4.79 Å². The summed E-state index contributed by atoms with van der Waals surface area (Å²) in [6, 6.07) is 2.03. The van der Waals surface area contributed by atoms with E-state index in [4.69, 9.17) is 16.6 Å². The number of anilines is 1. The van der Waals surface area contributed by atoms with E-state index in [0.717, 1.165) is 0 Å². The van der Waals surface area contributed by atoms with Crippen LogP contribution in [-0.4, -0.2) is 16.1 Å². The third kappa shape index (κ3) is 1.70. The van der Waals surface area contributed by atoms with Crippen LogP contribution in [0.25, 0.3) is 0 Å². The van der Waals surface area contributed by atoms with Gasteiger partial charge in [0.2, 0.25) is 0 Å². The summed E-state index contributed by atoms with van der Waals surface area (Å²) in [6.07, 6.45) is 1.36. The van der Waals surface area contributed by atoms with E-state index >= 15 is 0 Å². The second-order valence-corrected chi connectivity index (χ2v) is 2.33. The molecule has 0 fully saturated rings. The lowest BCUT2D eigenvalue weighted by Crippen LogP contribution is -2.20. The number of hydrogen-bond donors (Lipinski definition) is 3. The molecular weight excluding hydrogens is 158 g/mol. The number of nitrogen functional groups attached to an aromatic ring is 1. The number of hydrogen-bond acceptors (Lipinski definition) is 4. The highest BCUT2D eigenvalue weighted by atomic mass is 16.4. The maximum Gasteiger partial charge on any atom is 0.325 e. The summed E-state index contributed by atoms with van der Waals surface area (Å²) >= 11 is 0. The monoisotopic (exact) mass is 167 g/mol. The first-order valence-corrected chi connectivity index (χ1v) is 3.31. The van der Waals surface area contributed by atoms with Crippen molar-refractivity contribution in [2.24, 2.45) is 5.73 Å². The molecule has 1 rings (SSSR count). The van der Waals surface area contributed by atoms with Gasteiger partial charge in [-0.05, 0) is 11.6 Å². The number of aromatic nitrogens is 1. The highest BCUT2D eigenvalue weighted by molar-refractivity contribution is 5.75. The number of carboxylic acids is 1. The predicted molar refractivity (Wildman–Crippen MR) is 43.2 cm³/mol. The van der Waals surface area contributed by atoms with Gasteiger partial charge < -0.3 is 16.6 Å². The molecule has 5 heteroatoms. The maximum absolute atomic E-state index is 10.4. The summed E-state index contributed by atoms with van der Waals surface area (Å²) in [7, 11) is 0. The van der Waals surface area contributed by atoms with Crippen molar-refractivity contribution in [2.45, 2.75) is 6.04 Å². The molecule has 12 heavy (non-hydrogen) atoms. The Morgan fingerprint density at radius 1 is 1.58 bits per heavy atom. The molecule has 1 aromatic heterocycles. The lowest BCUT2D eigenvalue weighted by atomic mass is 10.1. The molecule has 1 unspecified atom stereocenters. The molecule has 5 N–H and O–H groups in total. The Morgan fingerprint density at radius 3 is 2.67 bits per heavy atom.